The molecule has 0 aliphatic heterocycles. The lowest BCUT2D eigenvalue weighted by atomic mass is 10.3. The van der Waals surface area contributed by atoms with Crippen LogP contribution in [0.1, 0.15) is 6.92 Å². The Labute approximate surface area is 88.6 Å². The number of nitrogens with one attached hydrogen (secondary N) is 1. The molecule has 0 unspecified atom stereocenters. The topological polar surface area (TPSA) is 100 Å². The molecule has 0 aromatic carbocycles. The summed E-state index contributed by atoms with van der Waals surface area (Å²) in [6, 6.07) is 0. The Morgan fingerprint density at radius 2 is 2.27 bits per heavy atom. The van der Waals surface area contributed by atoms with Crippen molar-refractivity contribution in [3.63, 3.8) is 0 Å². The van der Waals surface area contributed by atoms with Crippen molar-refractivity contribution in [2.75, 3.05) is 20.3 Å². The molecule has 0 saturated heterocycles. The Morgan fingerprint density at radius 3 is 2.73 bits per heavy atom. The molecule has 0 rings (SSSR count). The lowest BCUT2D eigenvalue weighted by Crippen LogP contribution is -2.32. The molecular weight excluding hydrogens is 196 g/mol. The highest BCUT2D eigenvalue weighted by Crippen LogP contribution is 1.80. The second-order valence-electron chi connectivity index (χ2n) is 2.60. The van der Waals surface area contributed by atoms with Crippen LogP contribution in [0.15, 0.2) is 22.1 Å². The van der Waals surface area contributed by atoms with Gasteiger partial charge in [0.25, 0.3) is 0 Å². The van der Waals surface area contributed by atoms with Crippen molar-refractivity contribution >= 4 is 17.5 Å². The molecule has 15 heavy (non-hydrogen) atoms. The van der Waals surface area contributed by atoms with Gasteiger partial charge < -0.3 is 10.8 Å². The Kier molecular flexibility index (Phi) is 6.82. The molecule has 0 aromatic rings. The molecule has 0 amide bonds. The number of hydrogen-bond donors (Lipinski definition) is 3. The smallest absolute Gasteiger partial charge is 0.357 e. The number of hydrogen-bond acceptors (Lipinski definition) is 4. The van der Waals surface area contributed by atoms with Crippen molar-refractivity contribution in [1.29, 1.82) is 0 Å². The summed E-state index contributed by atoms with van der Waals surface area (Å²) < 4.78 is 0. The third kappa shape index (κ3) is 5.58. The van der Waals surface area contributed by atoms with E-state index in [9.17, 15) is 4.79 Å². The summed E-state index contributed by atoms with van der Waals surface area (Å²) in [4.78, 5) is 17.9. The standard InChI is InChI=1S/C9H16N4O2/c1-3-4-5-12-6-13-8(10)7(11-2)9(14)15/h3-4,12H,5-6H2,1-2H3,(H2,10,13)(H,14,15)/b4-3-,11-7+. The number of rotatable bonds is 6. The Hall–Kier alpha value is -1.69. The van der Waals surface area contributed by atoms with Gasteiger partial charge in [-0.1, -0.05) is 12.2 Å². The van der Waals surface area contributed by atoms with E-state index in [0.29, 0.717) is 6.54 Å². The molecule has 0 aliphatic carbocycles. The fraction of sp³-hybridized carbons (Fsp3) is 0.444. The van der Waals surface area contributed by atoms with Crippen LogP contribution in [0, 0.1) is 0 Å². The summed E-state index contributed by atoms with van der Waals surface area (Å²) in [5, 5.41) is 11.6. The van der Waals surface area contributed by atoms with Crippen molar-refractivity contribution < 1.29 is 9.90 Å². The summed E-state index contributed by atoms with van der Waals surface area (Å²) >= 11 is 0. The van der Waals surface area contributed by atoms with Crippen LogP contribution in [0.25, 0.3) is 0 Å². The average Bonchev–Trinajstić information content (AvgIpc) is 2.18. The van der Waals surface area contributed by atoms with Crippen LogP contribution in [0.5, 0.6) is 0 Å². The van der Waals surface area contributed by atoms with Crippen LogP contribution >= 0.6 is 0 Å². The van der Waals surface area contributed by atoms with E-state index in [1.54, 1.807) is 0 Å². The zero-order valence-corrected chi connectivity index (χ0v) is 8.90. The van der Waals surface area contributed by atoms with Gasteiger partial charge in [-0.25, -0.2) is 4.79 Å². The zero-order chi connectivity index (χ0) is 11.7. The first-order chi connectivity index (χ1) is 7.13. The summed E-state index contributed by atoms with van der Waals surface area (Å²) in [6.07, 6.45) is 3.81. The third-order valence-corrected chi connectivity index (χ3v) is 1.53. The van der Waals surface area contributed by atoms with Gasteiger partial charge >= 0.3 is 5.97 Å². The van der Waals surface area contributed by atoms with Crippen molar-refractivity contribution in [2.45, 2.75) is 6.92 Å². The summed E-state index contributed by atoms with van der Waals surface area (Å²) in [5.74, 6) is -1.25. The molecule has 0 aromatic heterocycles. The highest BCUT2D eigenvalue weighted by molar-refractivity contribution is 6.64. The number of amidine groups is 1. The fourth-order valence-electron chi connectivity index (χ4n) is 0.801. The molecule has 6 heteroatoms. The number of aliphatic imine (C=N–C) groups is 2. The molecule has 4 N–H and O–H groups in total. The largest absolute Gasteiger partial charge is 0.476 e. The number of aliphatic carboxylic acids is 1. The SMILES string of the molecule is C/C=C\CNC/N=C(N)\C(=N/C)C(=O)O. The first kappa shape index (κ1) is 13.3. The minimum Gasteiger partial charge on any atom is -0.476 e. The molecule has 0 heterocycles. The van der Waals surface area contributed by atoms with Crippen molar-refractivity contribution in [2.24, 2.45) is 15.7 Å². The normalized spacial score (nSPS) is 13.5. The van der Waals surface area contributed by atoms with Crippen LogP contribution in [0.3, 0.4) is 0 Å². The second kappa shape index (κ2) is 7.69. The predicted molar refractivity (Wildman–Crippen MR) is 60.3 cm³/mol. The van der Waals surface area contributed by atoms with E-state index in [-0.39, 0.29) is 18.2 Å². The Morgan fingerprint density at radius 1 is 1.60 bits per heavy atom. The maximum atomic E-state index is 10.6. The van der Waals surface area contributed by atoms with Gasteiger partial charge in [0.15, 0.2) is 11.5 Å². The van der Waals surface area contributed by atoms with Gasteiger partial charge in [0.05, 0.1) is 6.67 Å². The molecular formula is C9H16N4O2. The summed E-state index contributed by atoms with van der Waals surface area (Å²) in [6.45, 7) is 2.84. The molecule has 0 saturated carbocycles. The minimum absolute atomic E-state index is 0.0713. The lowest BCUT2D eigenvalue weighted by Gasteiger charge is -2.00. The van der Waals surface area contributed by atoms with Gasteiger partial charge in [0.2, 0.25) is 0 Å². The minimum atomic E-state index is -1.17. The highest BCUT2D eigenvalue weighted by Gasteiger charge is 2.11. The van der Waals surface area contributed by atoms with Crippen molar-refractivity contribution in [1.82, 2.24) is 5.32 Å². The first-order valence-corrected chi connectivity index (χ1v) is 4.45. The number of nitrogens with zero attached hydrogens (tertiary/aromatic N) is 2. The van der Waals surface area contributed by atoms with E-state index >= 15 is 0 Å². The average molecular weight is 212 g/mol. The molecule has 0 aliphatic rings. The van der Waals surface area contributed by atoms with E-state index in [1.165, 1.54) is 7.05 Å². The highest BCUT2D eigenvalue weighted by atomic mass is 16.4. The van der Waals surface area contributed by atoms with Gasteiger partial charge in [-0.05, 0) is 6.92 Å². The van der Waals surface area contributed by atoms with Crippen molar-refractivity contribution in [3.05, 3.63) is 12.2 Å². The van der Waals surface area contributed by atoms with Crippen molar-refractivity contribution in [3.8, 4) is 0 Å². The number of allylic oxidation sites excluding steroid dienone is 1. The molecule has 0 radical (unpaired) electrons. The summed E-state index contributed by atoms with van der Waals surface area (Å²) in [5.41, 5.74) is 5.20. The van der Waals surface area contributed by atoms with E-state index in [4.69, 9.17) is 10.8 Å². The molecule has 6 nitrogen and oxygen atoms in total. The maximum absolute atomic E-state index is 10.6. The van der Waals surface area contributed by atoms with E-state index in [1.807, 2.05) is 19.1 Å². The number of carboxylic acids is 1. The number of nitrogens with two attached hydrogens (primary N) is 1. The van der Waals surface area contributed by atoms with Gasteiger partial charge in [-0.2, -0.15) is 0 Å². The first-order valence-electron chi connectivity index (χ1n) is 4.45. The van der Waals surface area contributed by atoms with Gasteiger partial charge in [-0.3, -0.25) is 15.3 Å². The van der Waals surface area contributed by atoms with E-state index < -0.39 is 5.97 Å². The van der Waals surface area contributed by atoms with Gasteiger partial charge in [0.1, 0.15) is 0 Å². The van der Waals surface area contributed by atoms with Gasteiger partial charge in [0, 0.05) is 13.6 Å². The Balaban J connectivity index is 4.13. The third-order valence-electron chi connectivity index (χ3n) is 1.53. The van der Waals surface area contributed by atoms with Crippen LogP contribution in [-0.2, 0) is 4.79 Å². The number of carbonyl (C=O) groups is 1. The van der Waals surface area contributed by atoms with Gasteiger partial charge in [-0.15, -0.1) is 0 Å². The van der Waals surface area contributed by atoms with Crippen LogP contribution < -0.4 is 11.1 Å². The van der Waals surface area contributed by atoms with E-state index in [2.05, 4.69) is 15.3 Å². The summed E-state index contributed by atoms with van der Waals surface area (Å²) in [7, 11) is 1.36. The lowest BCUT2D eigenvalue weighted by molar-refractivity contribution is -0.129. The molecule has 0 bridgehead atoms. The molecule has 0 spiro atoms. The molecule has 84 valence electrons. The fourth-order valence-corrected chi connectivity index (χ4v) is 0.801. The van der Waals surface area contributed by atoms with E-state index in [0.717, 1.165) is 0 Å². The van der Waals surface area contributed by atoms with Crippen LogP contribution in [0.4, 0.5) is 0 Å². The van der Waals surface area contributed by atoms with Crippen LogP contribution in [0.2, 0.25) is 0 Å². The maximum Gasteiger partial charge on any atom is 0.357 e. The second-order valence-corrected chi connectivity index (χ2v) is 2.60. The monoisotopic (exact) mass is 212 g/mol. The number of carboxylic acid groups (broad SMARTS) is 1. The zero-order valence-electron chi connectivity index (χ0n) is 8.90. The van der Waals surface area contributed by atoms with Crippen LogP contribution in [-0.4, -0.2) is 42.9 Å². The quantitative estimate of drug-likeness (QED) is 0.242. The molecule has 0 fully saturated rings. The predicted octanol–water partition coefficient (Wildman–Crippen LogP) is -0.378. The molecule has 0 atom stereocenters. The Bertz CT molecular complexity index is 294.